The molecule has 1 aliphatic carbocycles. The number of fused-ring (bicyclic) bond motifs is 3. The first-order valence-electron chi connectivity index (χ1n) is 5.54. The van der Waals surface area contributed by atoms with Gasteiger partial charge in [0.25, 0.3) is 0 Å². The topological polar surface area (TPSA) is 20.2 Å². The van der Waals surface area contributed by atoms with E-state index in [1.54, 1.807) is 0 Å². The van der Waals surface area contributed by atoms with Crippen LogP contribution in [0, 0.1) is 6.92 Å². The van der Waals surface area contributed by atoms with Crippen molar-refractivity contribution < 1.29 is 5.11 Å². The fourth-order valence-electron chi connectivity index (χ4n) is 2.59. The average molecular weight is 210 g/mol. The third kappa shape index (κ3) is 1.09. The van der Waals surface area contributed by atoms with Gasteiger partial charge in [0.1, 0.15) is 5.60 Å². The maximum atomic E-state index is 10.6. The number of aliphatic hydroxyl groups is 1. The van der Waals surface area contributed by atoms with E-state index in [2.05, 4.69) is 25.1 Å². The molecule has 1 aliphatic rings. The third-order valence-corrected chi connectivity index (χ3v) is 3.44. The predicted molar refractivity (Wildman–Crippen MR) is 65.3 cm³/mol. The van der Waals surface area contributed by atoms with Crippen molar-refractivity contribution in [3.63, 3.8) is 0 Å². The third-order valence-electron chi connectivity index (χ3n) is 3.44. The molecule has 0 aliphatic heterocycles. The molecular weight excluding hydrogens is 196 g/mol. The van der Waals surface area contributed by atoms with Crippen LogP contribution in [0.15, 0.2) is 42.5 Å². The Hall–Kier alpha value is -1.60. The molecule has 0 aromatic heterocycles. The van der Waals surface area contributed by atoms with Gasteiger partial charge in [-0.25, -0.2) is 0 Å². The van der Waals surface area contributed by atoms with Gasteiger partial charge in [0.05, 0.1) is 0 Å². The second kappa shape index (κ2) is 2.96. The van der Waals surface area contributed by atoms with Crippen molar-refractivity contribution in [1.29, 1.82) is 0 Å². The Morgan fingerprint density at radius 3 is 2.44 bits per heavy atom. The second-order valence-electron chi connectivity index (χ2n) is 4.67. The second-order valence-corrected chi connectivity index (χ2v) is 4.67. The summed E-state index contributed by atoms with van der Waals surface area (Å²) in [5.74, 6) is 0. The summed E-state index contributed by atoms with van der Waals surface area (Å²) < 4.78 is 0. The smallest absolute Gasteiger partial charge is 0.113 e. The van der Waals surface area contributed by atoms with Crippen LogP contribution in [0.2, 0.25) is 0 Å². The fourth-order valence-corrected chi connectivity index (χ4v) is 2.59. The molecule has 16 heavy (non-hydrogen) atoms. The van der Waals surface area contributed by atoms with Crippen LogP contribution in [0.25, 0.3) is 11.1 Å². The molecule has 0 bridgehead atoms. The average Bonchev–Trinajstić information content (AvgIpc) is 2.49. The van der Waals surface area contributed by atoms with Crippen molar-refractivity contribution >= 4 is 0 Å². The Kier molecular flexibility index (Phi) is 1.78. The normalized spacial score (nSPS) is 21.7. The van der Waals surface area contributed by atoms with Crippen LogP contribution in [-0.4, -0.2) is 5.11 Å². The quantitative estimate of drug-likeness (QED) is 0.707. The first-order valence-corrected chi connectivity index (χ1v) is 5.54. The lowest BCUT2D eigenvalue weighted by Gasteiger charge is -2.19. The lowest BCUT2D eigenvalue weighted by atomic mass is 9.93. The van der Waals surface area contributed by atoms with E-state index in [1.807, 2.05) is 31.2 Å². The molecule has 0 fully saturated rings. The lowest BCUT2D eigenvalue weighted by molar-refractivity contribution is 0.107. The summed E-state index contributed by atoms with van der Waals surface area (Å²) in [5.41, 5.74) is 4.73. The number of hydrogen-bond acceptors (Lipinski definition) is 1. The molecule has 80 valence electrons. The molecule has 1 nitrogen and oxygen atoms in total. The zero-order valence-corrected chi connectivity index (χ0v) is 9.49. The van der Waals surface area contributed by atoms with Gasteiger partial charge in [-0.15, -0.1) is 0 Å². The van der Waals surface area contributed by atoms with Crippen molar-refractivity contribution in [2.75, 3.05) is 0 Å². The molecule has 0 spiro atoms. The first kappa shape index (κ1) is 9.61. The molecule has 3 rings (SSSR count). The van der Waals surface area contributed by atoms with E-state index in [0.29, 0.717) is 0 Å². The number of aryl methyl sites for hydroxylation is 1. The summed E-state index contributed by atoms with van der Waals surface area (Å²) in [5, 5.41) is 10.6. The van der Waals surface area contributed by atoms with Crippen molar-refractivity contribution in [2.24, 2.45) is 0 Å². The summed E-state index contributed by atoms with van der Waals surface area (Å²) in [6, 6.07) is 14.3. The van der Waals surface area contributed by atoms with Crippen molar-refractivity contribution in [3.05, 3.63) is 59.2 Å². The lowest BCUT2D eigenvalue weighted by Crippen LogP contribution is -2.18. The van der Waals surface area contributed by atoms with Crippen LogP contribution in [0.4, 0.5) is 0 Å². The monoisotopic (exact) mass is 210 g/mol. The van der Waals surface area contributed by atoms with Crippen molar-refractivity contribution in [1.82, 2.24) is 0 Å². The van der Waals surface area contributed by atoms with Gasteiger partial charge < -0.3 is 5.11 Å². The molecule has 0 heterocycles. The van der Waals surface area contributed by atoms with Gasteiger partial charge in [-0.2, -0.15) is 0 Å². The molecule has 1 N–H and O–H groups in total. The van der Waals surface area contributed by atoms with E-state index in [1.165, 1.54) is 11.1 Å². The zero-order chi connectivity index (χ0) is 11.3. The van der Waals surface area contributed by atoms with Gasteiger partial charge in [0, 0.05) is 0 Å². The summed E-state index contributed by atoms with van der Waals surface area (Å²) in [7, 11) is 0. The highest BCUT2D eigenvalue weighted by molar-refractivity contribution is 5.80. The van der Waals surface area contributed by atoms with Gasteiger partial charge in [0.2, 0.25) is 0 Å². The molecule has 1 unspecified atom stereocenters. The highest BCUT2D eigenvalue weighted by Gasteiger charge is 2.36. The standard InChI is InChI=1S/C15H14O/c1-10-7-8-14-12(9-10)11-5-3-4-6-13(11)15(14,2)16/h3-9,16H,1-2H3. The van der Waals surface area contributed by atoms with Crippen molar-refractivity contribution in [2.45, 2.75) is 19.4 Å². The number of rotatable bonds is 0. The molecule has 0 saturated heterocycles. The van der Waals surface area contributed by atoms with E-state index in [9.17, 15) is 5.11 Å². The van der Waals surface area contributed by atoms with Crippen LogP contribution < -0.4 is 0 Å². The van der Waals surface area contributed by atoms with Crippen LogP contribution in [-0.2, 0) is 5.60 Å². The first-order chi connectivity index (χ1) is 7.60. The Balaban J connectivity index is 2.40. The highest BCUT2D eigenvalue weighted by atomic mass is 16.3. The Bertz CT molecular complexity index is 567. The molecule has 2 aromatic rings. The van der Waals surface area contributed by atoms with E-state index in [-0.39, 0.29) is 0 Å². The molecule has 0 amide bonds. The number of hydrogen-bond donors (Lipinski definition) is 1. The Labute approximate surface area is 95.4 Å². The SMILES string of the molecule is Cc1ccc2c(c1)-c1ccccc1C2(C)O. The molecule has 1 atom stereocenters. The molecular formula is C15H14O. The summed E-state index contributed by atoms with van der Waals surface area (Å²) >= 11 is 0. The molecule has 1 heteroatoms. The molecule has 0 saturated carbocycles. The van der Waals surface area contributed by atoms with Gasteiger partial charge in [-0.05, 0) is 36.1 Å². The van der Waals surface area contributed by atoms with E-state index >= 15 is 0 Å². The van der Waals surface area contributed by atoms with Crippen LogP contribution >= 0.6 is 0 Å². The minimum atomic E-state index is -0.848. The van der Waals surface area contributed by atoms with Gasteiger partial charge in [-0.1, -0.05) is 48.0 Å². The van der Waals surface area contributed by atoms with Gasteiger partial charge >= 0.3 is 0 Å². The van der Waals surface area contributed by atoms with Gasteiger partial charge in [-0.3, -0.25) is 0 Å². The number of benzene rings is 2. The highest BCUT2D eigenvalue weighted by Crippen LogP contribution is 2.47. The fraction of sp³-hybridized carbons (Fsp3) is 0.200. The maximum Gasteiger partial charge on any atom is 0.113 e. The predicted octanol–water partition coefficient (Wildman–Crippen LogP) is 3.23. The minimum Gasteiger partial charge on any atom is -0.381 e. The van der Waals surface area contributed by atoms with Crippen LogP contribution in [0.1, 0.15) is 23.6 Å². The maximum absolute atomic E-state index is 10.6. The van der Waals surface area contributed by atoms with E-state index in [0.717, 1.165) is 16.7 Å². The van der Waals surface area contributed by atoms with E-state index < -0.39 is 5.60 Å². The molecule has 2 aromatic carbocycles. The summed E-state index contributed by atoms with van der Waals surface area (Å²) in [6.45, 7) is 3.95. The van der Waals surface area contributed by atoms with E-state index in [4.69, 9.17) is 0 Å². The zero-order valence-electron chi connectivity index (χ0n) is 9.49. The minimum absolute atomic E-state index is 0.848. The van der Waals surface area contributed by atoms with Crippen molar-refractivity contribution in [3.8, 4) is 11.1 Å². The van der Waals surface area contributed by atoms with Crippen LogP contribution in [0.3, 0.4) is 0 Å². The Morgan fingerprint density at radius 1 is 0.938 bits per heavy atom. The molecule has 0 radical (unpaired) electrons. The largest absolute Gasteiger partial charge is 0.381 e. The summed E-state index contributed by atoms with van der Waals surface area (Å²) in [4.78, 5) is 0. The Morgan fingerprint density at radius 2 is 1.62 bits per heavy atom. The van der Waals surface area contributed by atoms with Gasteiger partial charge in [0.15, 0.2) is 0 Å². The summed E-state index contributed by atoms with van der Waals surface area (Å²) in [6.07, 6.45) is 0. The van der Waals surface area contributed by atoms with Crippen LogP contribution in [0.5, 0.6) is 0 Å².